The molecule has 2 N–H and O–H groups in total. The highest BCUT2D eigenvalue weighted by atomic mass is 31.2. The predicted octanol–water partition coefficient (Wildman–Crippen LogP) is 2.51. The van der Waals surface area contributed by atoms with Crippen molar-refractivity contribution in [1.29, 1.82) is 0 Å². The minimum absolute atomic E-state index is 0.104. The number of phosphoric ester groups is 1. The normalized spacial score (nSPS) is 20.7. The molecule has 1 atom stereocenters. The van der Waals surface area contributed by atoms with Crippen LogP contribution in [-0.2, 0) is 20.0 Å². The summed E-state index contributed by atoms with van der Waals surface area (Å²) in [6.45, 7) is -7.44. The van der Waals surface area contributed by atoms with Gasteiger partial charge >= 0.3 is 7.82 Å². The lowest BCUT2D eigenvalue weighted by atomic mass is 10.1. The van der Waals surface area contributed by atoms with E-state index >= 15 is 0 Å². The van der Waals surface area contributed by atoms with Crippen LogP contribution in [0.5, 0.6) is 0 Å². The van der Waals surface area contributed by atoms with Gasteiger partial charge in [-0.15, -0.1) is 0 Å². The van der Waals surface area contributed by atoms with Gasteiger partial charge < -0.3 is 14.4 Å². The molecule has 0 fully saturated rings. The van der Waals surface area contributed by atoms with Crippen LogP contribution >= 0.6 is 7.82 Å². The Morgan fingerprint density at radius 2 is 2.19 bits per heavy atom. The van der Waals surface area contributed by atoms with Gasteiger partial charge in [0, 0.05) is 30.6 Å². The first kappa shape index (κ1) is 9.77. The molecule has 7 heteroatoms. The van der Waals surface area contributed by atoms with Crippen LogP contribution in [0.3, 0.4) is 0 Å². The number of aromatic nitrogens is 1. The Hall–Kier alpha value is -1.17. The molecule has 1 unspecified atom stereocenters. The zero-order chi connectivity index (χ0) is 20.5. The third-order valence-corrected chi connectivity index (χ3v) is 4.01. The lowest BCUT2D eigenvalue weighted by molar-refractivity contribution is -0.906. The Balaban J connectivity index is 2.37. The highest BCUT2D eigenvalue weighted by Gasteiger charge is 2.25. The molecule has 0 saturated carbocycles. The number of fused-ring (bicyclic) bond motifs is 1. The van der Waals surface area contributed by atoms with Crippen LogP contribution in [0.1, 0.15) is 13.8 Å². The van der Waals surface area contributed by atoms with Gasteiger partial charge in [0.15, 0.2) is 6.73 Å². The maximum absolute atomic E-state index is 11.6. The number of likely N-dealkylation sites (N-methyl/N-ethyl adjacent to an activating group) is 1. The van der Waals surface area contributed by atoms with Gasteiger partial charge in [0.25, 0.3) is 0 Å². The van der Waals surface area contributed by atoms with Crippen LogP contribution < -0.4 is 0 Å². The molecular formula is C14H22N2O4P+. The molecule has 2 rings (SSSR count). The number of H-pyrrole nitrogens is 1. The Kier molecular flexibility index (Phi) is 2.93. The van der Waals surface area contributed by atoms with E-state index in [1.54, 1.807) is 6.20 Å². The standard InChI is InChI=1S/C14H21N2O4P/c1-16(2,11-20-21(17,18)19-3)9-8-12-10-15-14-7-5-4-6-13(12)14/h4-7,10,15H,8-9,11H2,1-3H3/p+1/i1D3,2D3. The maximum atomic E-state index is 11.6. The number of hydrogen-bond donors (Lipinski definition) is 2. The van der Waals surface area contributed by atoms with E-state index < -0.39 is 33.0 Å². The Labute approximate surface area is 132 Å². The van der Waals surface area contributed by atoms with Crippen LogP contribution in [0.15, 0.2) is 30.5 Å². The molecule has 1 aromatic carbocycles. The Morgan fingerprint density at radius 3 is 2.90 bits per heavy atom. The summed E-state index contributed by atoms with van der Waals surface area (Å²) < 4.78 is 65.9. The number of benzene rings is 1. The summed E-state index contributed by atoms with van der Waals surface area (Å²) in [6.07, 6.45) is 1.79. The van der Waals surface area contributed by atoms with Crippen LogP contribution in [0.2, 0.25) is 0 Å². The van der Waals surface area contributed by atoms with Gasteiger partial charge in [0.2, 0.25) is 0 Å². The van der Waals surface area contributed by atoms with Crippen molar-refractivity contribution < 1.29 is 31.2 Å². The zero-order valence-corrected chi connectivity index (χ0v) is 12.5. The minimum atomic E-state index is -4.55. The van der Waals surface area contributed by atoms with Crippen LogP contribution in [0.25, 0.3) is 10.9 Å². The molecule has 0 saturated heterocycles. The zero-order valence-electron chi connectivity index (χ0n) is 17.6. The third-order valence-electron chi connectivity index (χ3n) is 3.11. The van der Waals surface area contributed by atoms with E-state index in [0.29, 0.717) is 0 Å². The average molecular weight is 319 g/mol. The Morgan fingerprint density at radius 1 is 1.43 bits per heavy atom. The highest BCUT2D eigenvalue weighted by Crippen LogP contribution is 2.42. The van der Waals surface area contributed by atoms with E-state index in [2.05, 4.69) is 14.0 Å². The molecule has 2 aromatic rings. The van der Waals surface area contributed by atoms with Gasteiger partial charge in [-0.2, -0.15) is 0 Å². The molecule has 0 aliphatic carbocycles. The number of nitrogens with zero attached hydrogens (tertiary/aromatic N) is 1. The van der Waals surface area contributed by atoms with Crippen molar-refractivity contribution in [2.24, 2.45) is 0 Å². The molecule has 0 aliphatic rings. The van der Waals surface area contributed by atoms with Gasteiger partial charge in [-0.25, -0.2) is 9.09 Å². The molecule has 21 heavy (non-hydrogen) atoms. The molecule has 1 aromatic heterocycles. The van der Waals surface area contributed by atoms with E-state index in [-0.39, 0.29) is 13.0 Å². The highest BCUT2D eigenvalue weighted by molar-refractivity contribution is 7.47. The van der Waals surface area contributed by atoms with Gasteiger partial charge in [0.05, 0.1) is 28.7 Å². The SMILES string of the molecule is [2H]C([2H])([2H])[N+](CCc1c[nH]c2ccccc12)(COP(=O)(O)OC)C([2H])([2H])[2H]. The van der Waals surface area contributed by atoms with E-state index in [1.165, 1.54) is 0 Å². The van der Waals surface area contributed by atoms with Crippen LogP contribution in [0, 0.1) is 0 Å². The lowest BCUT2D eigenvalue weighted by Crippen LogP contribution is -2.42. The van der Waals surface area contributed by atoms with Crippen molar-refractivity contribution in [1.82, 2.24) is 4.98 Å². The summed E-state index contributed by atoms with van der Waals surface area (Å²) in [5, 5.41) is 0.845. The van der Waals surface area contributed by atoms with E-state index in [1.807, 2.05) is 24.3 Å². The quantitative estimate of drug-likeness (QED) is 0.467. The maximum Gasteiger partial charge on any atom is 0.476 e. The van der Waals surface area contributed by atoms with Gasteiger partial charge in [-0.3, -0.25) is 4.52 Å². The number of aromatic amines is 1. The fourth-order valence-electron chi connectivity index (χ4n) is 1.94. The molecule has 0 amide bonds. The summed E-state index contributed by atoms with van der Waals surface area (Å²) >= 11 is 0. The van der Waals surface area contributed by atoms with Crippen molar-refractivity contribution >= 4 is 18.7 Å². The van der Waals surface area contributed by atoms with Crippen LogP contribution in [-0.4, -0.2) is 48.7 Å². The molecular weight excluding hydrogens is 291 g/mol. The minimum Gasteiger partial charge on any atom is -0.361 e. The van der Waals surface area contributed by atoms with E-state index in [4.69, 9.17) is 8.22 Å². The van der Waals surface area contributed by atoms with E-state index in [0.717, 1.165) is 23.6 Å². The lowest BCUT2D eigenvalue weighted by Gasteiger charge is -2.29. The van der Waals surface area contributed by atoms with E-state index in [9.17, 15) is 9.46 Å². The number of para-hydroxylation sites is 1. The first-order valence-electron chi connectivity index (χ1n) is 9.28. The first-order valence-corrected chi connectivity index (χ1v) is 7.78. The summed E-state index contributed by atoms with van der Waals surface area (Å²) in [5.74, 6) is 0. The number of rotatable bonds is 7. The summed E-state index contributed by atoms with van der Waals surface area (Å²) in [6, 6.07) is 7.34. The van der Waals surface area contributed by atoms with Gasteiger partial charge in [0.1, 0.15) is 0 Å². The predicted molar refractivity (Wildman–Crippen MR) is 81.8 cm³/mol. The molecule has 0 bridgehead atoms. The molecule has 0 radical (unpaired) electrons. The number of hydrogen-bond acceptors (Lipinski definition) is 3. The first-order chi connectivity index (χ1) is 12.3. The summed E-state index contributed by atoms with van der Waals surface area (Å²) in [4.78, 5) is 12.5. The van der Waals surface area contributed by atoms with Crippen molar-refractivity contribution in [2.75, 3.05) is 34.3 Å². The molecule has 0 spiro atoms. The second kappa shape index (κ2) is 6.30. The van der Waals surface area contributed by atoms with Gasteiger partial charge in [-0.05, 0) is 11.6 Å². The van der Waals surface area contributed by atoms with Crippen molar-refractivity contribution in [3.63, 3.8) is 0 Å². The van der Waals surface area contributed by atoms with Crippen molar-refractivity contribution in [3.05, 3.63) is 36.0 Å². The smallest absolute Gasteiger partial charge is 0.361 e. The average Bonchev–Trinajstić information content (AvgIpc) is 2.96. The topological polar surface area (TPSA) is 71.6 Å². The number of nitrogens with one attached hydrogen (secondary N) is 1. The number of quaternary nitrogens is 1. The Bertz CT molecular complexity index is 821. The van der Waals surface area contributed by atoms with Crippen LogP contribution in [0.4, 0.5) is 0 Å². The second-order valence-corrected chi connectivity index (χ2v) is 6.27. The fourth-order valence-corrected chi connectivity index (χ4v) is 2.39. The van der Waals surface area contributed by atoms with Crippen molar-refractivity contribution in [3.8, 4) is 0 Å². The largest absolute Gasteiger partial charge is 0.476 e. The summed E-state index contributed by atoms with van der Waals surface area (Å²) in [5.41, 5.74) is 1.57. The monoisotopic (exact) mass is 319 g/mol. The second-order valence-electron chi connectivity index (χ2n) is 4.71. The molecule has 1 heterocycles. The van der Waals surface area contributed by atoms with Gasteiger partial charge in [-0.1, -0.05) is 18.2 Å². The number of phosphoric acid groups is 1. The molecule has 0 aliphatic heterocycles. The molecule has 6 nitrogen and oxygen atoms in total. The molecule has 116 valence electrons. The third kappa shape index (κ3) is 4.40. The fraction of sp³-hybridized carbons (Fsp3) is 0.429. The summed E-state index contributed by atoms with van der Waals surface area (Å²) in [7, 11) is -3.64. The van der Waals surface area contributed by atoms with Crippen molar-refractivity contribution in [2.45, 2.75) is 6.42 Å².